The lowest BCUT2D eigenvalue weighted by molar-refractivity contribution is -0.249. The molecule has 4 heteroatoms. The molecule has 4 nitrogen and oxygen atoms in total. The fraction of sp³-hybridized carbons (Fsp3) is 0.714. The van der Waals surface area contributed by atoms with Crippen LogP contribution in [-0.4, -0.2) is 27.6 Å². The Morgan fingerprint density at radius 2 is 1.67 bits per heavy atom. The maximum absolute atomic E-state index is 12.2. The SMILES string of the molecule is CC=C1C(=O)C(O)(O)C(C)(C)C(C(C)=O)C1(C)C. The zero-order valence-corrected chi connectivity index (χ0v) is 11.9. The largest absolute Gasteiger partial charge is 0.359 e. The Bertz CT molecular complexity index is 427. The van der Waals surface area contributed by atoms with Crippen LogP contribution in [0.2, 0.25) is 0 Å². The molecule has 18 heavy (non-hydrogen) atoms. The Labute approximate surface area is 108 Å². The summed E-state index contributed by atoms with van der Waals surface area (Å²) in [4.78, 5) is 24.1. The molecule has 0 amide bonds. The minimum absolute atomic E-state index is 0.149. The molecule has 0 bridgehead atoms. The Balaban J connectivity index is 3.60. The summed E-state index contributed by atoms with van der Waals surface area (Å²) in [6.45, 7) is 9.77. The molecule has 1 fully saturated rings. The van der Waals surface area contributed by atoms with Crippen molar-refractivity contribution in [3.8, 4) is 0 Å². The highest BCUT2D eigenvalue weighted by Gasteiger charge is 2.64. The van der Waals surface area contributed by atoms with E-state index in [1.165, 1.54) is 6.92 Å². The summed E-state index contributed by atoms with van der Waals surface area (Å²) >= 11 is 0. The summed E-state index contributed by atoms with van der Waals surface area (Å²) < 4.78 is 0. The predicted octanol–water partition coefficient (Wildman–Crippen LogP) is 1.45. The smallest absolute Gasteiger partial charge is 0.234 e. The molecule has 1 unspecified atom stereocenters. The van der Waals surface area contributed by atoms with Crippen molar-refractivity contribution in [1.29, 1.82) is 0 Å². The van der Waals surface area contributed by atoms with Gasteiger partial charge in [0.25, 0.3) is 0 Å². The van der Waals surface area contributed by atoms with Crippen LogP contribution in [0.5, 0.6) is 0 Å². The first kappa shape index (κ1) is 15.1. The molecule has 2 N–H and O–H groups in total. The molecular weight excluding hydrogens is 232 g/mol. The van der Waals surface area contributed by atoms with Crippen molar-refractivity contribution in [3.63, 3.8) is 0 Å². The van der Waals surface area contributed by atoms with E-state index in [2.05, 4.69) is 0 Å². The van der Waals surface area contributed by atoms with Crippen LogP contribution in [0.4, 0.5) is 0 Å². The first-order valence-corrected chi connectivity index (χ1v) is 6.09. The first-order valence-electron chi connectivity index (χ1n) is 6.09. The van der Waals surface area contributed by atoms with E-state index in [1.807, 2.05) is 0 Å². The van der Waals surface area contributed by atoms with Crippen molar-refractivity contribution in [1.82, 2.24) is 0 Å². The maximum atomic E-state index is 12.2. The van der Waals surface area contributed by atoms with Crippen LogP contribution >= 0.6 is 0 Å². The zero-order valence-electron chi connectivity index (χ0n) is 11.9. The molecule has 0 heterocycles. The summed E-state index contributed by atoms with van der Waals surface area (Å²) in [5, 5.41) is 20.3. The normalized spacial score (nSPS) is 31.4. The van der Waals surface area contributed by atoms with E-state index in [9.17, 15) is 19.8 Å². The number of hydrogen-bond donors (Lipinski definition) is 2. The number of carbonyl (C=O) groups is 2. The van der Waals surface area contributed by atoms with Crippen molar-refractivity contribution in [2.75, 3.05) is 0 Å². The van der Waals surface area contributed by atoms with Gasteiger partial charge in [-0.25, -0.2) is 0 Å². The van der Waals surface area contributed by atoms with Gasteiger partial charge in [0.1, 0.15) is 5.78 Å². The molecule has 0 radical (unpaired) electrons. The lowest BCUT2D eigenvalue weighted by Gasteiger charge is -2.54. The van der Waals surface area contributed by atoms with E-state index in [1.54, 1.807) is 40.7 Å². The quantitative estimate of drug-likeness (QED) is 0.548. The summed E-state index contributed by atoms with van der Waals surface area (Å²) in [6.07, 6.45) is 1.56. The van der Waals surface area contributed by atoms with Gasteiger partial charge in [-0.15, -0.1) is 0 Å². The number of hydrogen-bond acceptors (Lipinski definition) is 4. The molecule has 1 aliphatic rings. The number of carbonyl (C=O) groups excluding carboxylic acids is 2. The van der Waals surface area contributed by atoms with Gasteiger partial charge < -0.3 is 10.2 Å². The van der Waals surface area contributed by atoms with E-state index < -0.39 is 28.3 Å². The third-order valence-corrected chi connectivity index (χ3v) is 4.29. The van der Waals surface area contributed by atoms with Crippen LogP contribution in [0, 0.1) is 16.7 Å². The molecule has 1 aliphatic carbocycles. The van der Waals surface area contributed by atoms with Gasteiger partial charge in [0.05, 0.1) is 0 Å². The predicted molar refractivity (Wildman–Crippen MR) is 67.7 cm³/mol. The highest BCUT2D eigenvalue weighted by molar-refractivity contribution is 6.05. The first-order chi connectivity index (χ1) is 7.92. The van der Waals surface area contributed by atoms with Gasteiger partial charge >= 0.3 is 0 Å². The van der Waals surface area contributed by atoms with Crippen LogP contribution in [0.1, 0.15) is 41.5 Å². The average Bonchev–Trinajstić information content (AvgIpc) is 2.13. The number of rotatable bonds is 1. The molecule has 0 aliphatic heterocycles. The van der Waals surface area contributed by atoms with Gasteiger partial charge in [0, 0.05) is 22.3 Å². The summed E-state index contributed by atoms with van der Waals surface area (Å²) in [7, 11) is 0. The number of allylic oxidation sites excluding steroid dienone is 1. The number of aliphatic hydroxyl groups is 2. The molecular formula is C14H22O4. The topological polar surface area (TPSA) is 74.6 Å². The third-order valence-electron chi connectivity index (χ3n) is 4.29. The van der Waals surface area contributed by atoms with Crippen LogP contribution in [0.25, 0.3) is 0 Å². The second-order valence-electron chi connectivity index (χ2n) is 6.19. The molecule has 0 spiro atoms. The van der Waals surface area contributed by atoms with Crippen molar-refractivity contribution in [3.05, 3.63) is 11.6 Å². The third kappa shape index (κ3) is 1.67. The molecule has 1 rings (SSSR count). The van der Waals surface area contributed by atoms with Crippen LogP contribution in [0.15, 0.2) is 11.6 Å². The van der Waals surface area contributed by atoms with Crippen molar-refractivity contribution >= 4 is 11.6 Å². The van der Waals surface area contributed by atoms with Gasteiger partial charge in [-0.2, -0.15) is 0 Å². The van der Waals surface area contributed by atoms with Gasteiger partial charge in [-0.1, -0.05) is 33.8 Å². The lowest BCUT2D eigenvalue weighted by atomic mass is 9.51. The van der Waals surface area contributed by atoms with E-state index in [4.69, 9.17) is 0 Å². The average molecular weight is 254 g/mol. The Morgan fingerprint density at radius 3 is 2.00 bits per heavy atom. The van der Waals surface area contributed by atoms with Crippen molar-refractivity contribution in [2.24, 2.45) is 16.7 Å². The maximum Gasteiger partial charge on any atom is 0.234 e. The van der Waals surface area contributed by atoms with Crippen molar-refractivity contribution in [2.45, 2.75) is 47.3 Å². The number of ketones is 2. The number of Topliss-reactive ketones (excluding diaryl/α,β-unsaturated/α-hetero) is 2. The zero-order chi connectivity index (χ0) is 14.5. The second kappa shape index (κ2) is 4.00. The molecule has 0 aromatic carbocycles. The van der Waals surface area contributed by atoms with Crippen LogP contribution in [0.3, 0.4) is 0 Å². The van der Waals surface area contributed by atoms with E-state index in [0.29, 0.717) is 5.57 Å². The lowest BCUT2D eigenvalue weighted by Crippen LogP contribution is -2.65. The van der Waals surface area contributed by atoms with Crippen molar-refractivity contribution < 1.29 is 19.8 Å². The highest BCUT2D eigenvalue weighted by Crippen LogP contribution is 2.55. The van der Waals surface area contributed by atoms with Gasteiger partial charge in [-0.05, 0) is 13.8 Å². The molecule has 1 saturated carbocycles. The standard InChI is InChI=1S/C14H22O4/c1-7-9-11(16)14(17,18)13(5,6)10(8(2)15)12(9,3)4/h7,10,17-18H,1-6H3. The van der Waals surface area contributed by atoms with Crippen LogP contribution < -0.4 is 0 Å². The molecule has 1 atom stereocenters. The second-order valence-corrected chi connectivity index (χ2v) is 6.19. The monoisotopic (exact) mass is 254 g/mol. The Kier molecular flexibility index (Phi) is 3.35. The minimum atomic E-state index is -2.51. The summed E-state index contributed by atoms with van der Waals surface area (Å²) in [5.41, 5.74) is -1.64. The highest BCUT2D eigenvalue weighted by atomic mass is 16.5. The van der Waals surface area contributed by atoms with E-state index >= 15 is 0 Å². The van der Waals surface area contributed by atoms with Gasteiger partial charge in [-0.3, -0.25) is 9.59 Å². The van der Waals surface area contributed by atoms with Crippen LogP contribution in [-0.2, 0) is 9.59 Å². The van der Waals surface area contributed by atoms with Gasteiger partial charge in [0.15, 0.2) is 0 Å². The minimum Gasteiger partial charge on any atom is -0.359 e. The fourth-order valence-electron chi connectivity index (χ4n) is 3.55. The molecule has 102 valence electrons. The Morgan fingerprint density at radius 1 is 1.22 bits per heavy atom. The molecule has 0 saturated heterocycles. The molecule has 0 aromatic rings. The van der Waals surface area contributed by atoms with E-state index in [0.717, 1.165) is 0 Å². The van der Waals surface area contributed by atoms with Gasteiger partial charge in [0.2, 0.25) is 11.6 Å². The van der Waals surface area contributed by atoms with E-state index in [-0.39, 0.29) is 5.78 Å². The Hall–Kier alpha value is -1.00. The molecule has 0 aromatic heterocycles. The fourth-order valence-corrected chi connectivity index (χ4v) is 3.55. The summed E-state index contributed by atoms with van der Waals surface area (Å²) in [6, 6.07) is 0. The summed E-state index contributed by atoms with van der Waals surface area (Å²) in [5.74, 6) is -4.01.